The van der Waals surface area contributed by atoms with Gasteiger partial charge in [0.05, 0.1) is 31.3 Å². The first-order chi connectivity index (χ1) is 15.3. The summed E-state index contributed by atoms with van der Waals surface area (Å²) in [5, 5.41) is 9.56. The molecule has 9 nitrogen and oxygen atoms in total. The van der Waals surface area contributed by atoms with Gasteiger partial charge in [-0.3, -0.25) is 0 Å². The van der Waals surface area contributed by atoms with E-state index in [-0.39, 0.29) is 5.57 Å². The summed E-state index contributed by atoms with van der Waals surface area (Å²) in [4.78, 5) is 23.9. The van der Waals surface area contributed by atoms with Crippen LogP contribution in [0.1, 0.15) is 33.6 Å². The first kappa shape index (κ1) is 27.9. The first-order valence-corrected chi connectivity index (χ1v) is 9.53. The van der Waals surface area contributed by atoms with E-state index in [1.807, 2.05) is 0 Å². The number of hydrogen-bond donors (Lipinski definition) is 1. The van der Waals surface area contributed by atoms with Crippen LogP contribution in [0.4, 0.5) is 26.3 Å². The maximum Gasteiger partial charge on any atom is 0.455 e. The molecule has 0 aromatic rings. The third kappa shape index (κ3) is 6.00. The molecule has 15 heteroatoms. The number of carbonyl (C=O) groups excluding carboxylic acids is 2. The maximum absolute atomic E-state index is 13.7. The smallest absolute Gasteiger partial charge is 0.455 e. The van der Waals surface area contributed by atoms with E-state index in [1.54, 1.807) is 0 Å². The molecule has 2 rings (SSSR count). The lowest BCUT2D eigenvalue weighted by atomic mass is 10.00. The Hall–Kier alpha value is -2.36. The van der Waals surface area contributed by atoms with Crippen LogP contribution in [0, 0.1) is 0 Å². The van der Waals surface area contributed by atoms with E-state index in [9.17, 15) is 41.0 Å². The van der Waals surface area contributed by atoms with Gasteiger partial charge in [0, 0.05) is 5.57 Å². The molecule has 0 bridgehead atoms. The van der Waals surface area contributed by atoms with Crippen molar-refractivity contribution in [3.8, 4) is 0 Å². The Morgan fingerprint density at radius 2 is 1.71 bits per heavy atom. The molecule has 2 aliphatic heterocycles. The lowest BCUT2D eigenvalue weighted by Crippen LogP contribution is -2.55. The third-order valence-corrected chi connectivity index (χ3v) is 4.76. The van der Waals surface area contributed by atoms with E-state index >= 15 is 0 Å². The Balaban J connectivity index is 2.13. The lowest BCUT2D eigenvalue weighted by molar-refractivity contribution is -0.427. The van der Waals surface area contributed by atoms with Crippen LogP contribution in [-0.2, 0) is 38.0 Å². The predicted molar refractivity (Wildman–Crippen MR) is 96.0 cm³/mol. The highest BCUT2D eigenvalue weighted by Crippen LogP contribution is 2.45. The second kappa shape index (κ2) is 9.36. The van der Waals surface area contributed by atoms with Crippen LogP contribution in [0.3, 0.4) is 0 Å². The molecule has 4 atom stereocenters. The maximum atomic E-state index is 13.7. The van der Waals surface area contributed by atoms with E-state index in [1.165, 1.54) is 6.92 Å². The molecule has 194 valence electrons. The van der Waals surface area contributed by atoms with Crippen LogP contribution in [0.5, 0.6) is 0 Å². The Kier molecular flexibility index (Phi) is 7.67. The first-order valence-electron chi connectivity index (χ1n) is 9.53. The molecule has 0 saturated carbocycles. The van der Waals surface area contributed by atoms with Gasteiger partial charge in [-0.1, -0.05) is 6.58 Å². The molecule has 2 fully saturated rings. The van der Waals surface area contributed by atoms with Gasteiger partial charge >= 0.3 is 30.1 Å². The van der Waals surface area contributed by atoms with E-state index in [2.05, 4.69) is 16.1 Å². The van der Waals surface area contributed by atoms with Crippen molar-refractivity contribution in [3.05, 3.63) is 24.0 Å². The summed E-state index contributed by atoms with van der Waals surface area (Å²) >= 11 is 0. The van der Waals surface area contributed by atoms with Crippen LogP contribution < -0.4 is 0 Å². The SMILES string of the molecule is C=C(C)C(=O)OC1CC(O/C=C(\C)C(=O)OC2(C)COC(O)(C(F)(F)F)C2)(C(F)(F)F)OCO1. The molecule has 4 unspecified atom stereocenters. The fourth-order valence-corrected chi connectivity index (χ4v) is 2.85. The molecule has 0 radical (unpaired) electrons. The van der Waals surface area contributed by atoms with Crippen molar-refractivity contribution in [2.75, 3.05) is 13.4 Å². The Bertz CT molecular complexity index is 854. The number of esters is 2. The van der Waals surface area contributed by atoms with Crippen molar-refractivity contribution in [2.45, 2.75) is 69.4 Å². The average molecular weight is 508 g/mol. The lowest BCUT2D eigenvalue weighted by Gasteiger charge is -2.39. The summed E-state index contributed by atoms with van der Waals surface area (Å²) in [6, 6.07) is 0. The molecule has 0 aliphatic carbocycles. The Morgan fingerprint density at radius 1 is 1.09 bits per heavy atom. The van der Waals surface area contributed by atoms with Crippen LogP contribution >= 0.6 is 0 Å². The molecule has 0 aromatic heterocycles. The van der Waals surface area contributed by atoms with Crippen LogP contribution in [-0.4, -0.2) is 66.3 Å². The van der Waals surface area contributed by atoms with Gasteiger partial charge in [0.25, 0.3) is 5.79 Å². The summed E-state index contributed by atoms with van der Waals surface area (Å²) in [5.41, 5.74) is -2.62. The van der Waals surface area contributed by atoms with E-state index in [0.29, 0.717) is 6.26 Å². The number of ether oxygens (including phenoxy) is 6. The van der Waals surface area contributed by atoms with Crippen LogP contribution in [0.2, 0.25) is 0 Å². The molecule has 0 aromatic carbocycles. The van der Waals surface area contributed by atoms with Gasteiger partial charge in [-0.05, 0) is 20.8 Å². The number of aliphatic hydroxyl groups is 1. The molecule has 1 N–H and O–H groups in total. The zero-order chi connectivity index (χ0) is 26.2. The highest BCUT2D eigenvalue weighted by atomic mass is 19.4. The number of rotatable bonds is 6. The van der Waals surface area contributed by atoms with Gasteiger partial charge in [0.2, 0.25) is 6.29 Å². The molecule has 2 aliphatic rings. The Morgan fingerprint density at radius 3 is 2.21 bits per heavy atom. The molecule has 0 amide bonds. The van der Waals surface area contributed by atoms with Crippen molar-refractivity contribution >= 4 is 11.9 Å². The van der Waals surface area contributed by atoms with Crippen LogP contribution in [0.15, 0.2) is 24.0 Å². The van der Waals surface area contributed by atoms with E-state index in [0.717, 1.165) is 13.8 Å². The number of carbonyl (C=O) groups is 2. The molecular formula is C19H22F6O9. The van der Waals surface area contributed by atoms with Crippen molar-refractivity contribution in [2.24, 2.45) is 0 Å². The second-order valence-electron chi connectivity index (χ2n) is 8.00. The van der Waals surface area contributed by atoms with Gasteiger partial charge in [0.15, 0.2) is 6.79 Å². The van der Waals surface area contributed by atoms with Gasteiger partial charge in [-0.2, -0.15) is 26.3 Å². The summed E-state index contributed by atoms with van der Waals surface area (Å²) in [5.74, 6) is -9.30. The van der Waals surface area contributed by atoms with Crippen LogP contribution in [0.25, 0.3) is 0 Å². The minimum Gasteiger partial charge on any atom is -0.460 e. The zero-order valence-electron chi connectivity index (χ0n) is 18.2. The largest absolute Gasteiger partial charge is 0.460 e. The molecule has 2 heterocycles. The summed E-state index contributed by atoms with van der Waals surface area (Å²) in [7, 11) is 0. The fourth-order valence-electron chi connectivity index (χ4n) is 2.85. The fraction of sp³-hybridized carbons (Fsp3) is 0.684. The highest BCUT2D eigenvalue weighted by molar-refractivity contribution is 5.88. The van der Waals surface area contributed by atoms with Crippen molar-refractivity contribution in [1.29, 1.82) is 0 Å². The highest BCUT2D eigenvalue weighted by Gasteiger charge is 2.64. The van der Waals surface area contributed by atoms with Crippen molar-refractivity contribution in [3.63, 3.8) is 0 Å². The number of halogens is 6. The van der Waals surface area contributed by atoms with Crippen molar-refractivity contribution in [1.82, 2.24) is 0 Å². The van der Waals surface area contributed by atoms with Gasteiger partial charge < -0.3 is 33.5 Å². The average Bonchev–Trinajstić information content (AvgIpc) is 3.01. The summed E-state index contributed by atoms with van der Waals surface area (Å²) < 4.78 is 108. The molecule has 0 spiro atoms. The van der Waals surface area contributed by atoms with Crippen molar-refractivity contribution < 1.29 is 69.5 Å². The number of alkyl halides is 6. The van der Waals surface area contributed by atoms with E-state index < -0.39 is 79.6 Å². The molecule has 2 saturated heterocycles. The summed E-state index contributed by atoms with van der Waals surface area (Å²) in [6.45, 7) is 4.75. The minimum absolute atomic E-state index is 0.103. The van der Waals surface area contributed by atoms with E-state index in [4.69, 9.17) is 18.9 Å². The van der Waals surface area contributed by atoms with Gasteiger partial charge in [0.1, 0.15) is 5.60 Å². The molecule has 34 heavy (non-hydrogen) atoms. The summed E-state index contributed by atoms with van der Waals surface area (Å²) in [6.07, 6.45) is -14.1. The second-order valence-corrected chi connectivity index (χ2v) is 8.00. The standard InChI is InChI=1S/C19H22F6O9/c1-10(2)13(26)33-12-5-17(19(23,24)25,32-9-29-12)30-6-11(3)14(27)34-15(4)7-16(28,31-8-15)18(20,21)22/h6,12,28H,1,5,7-9H2,2-4H3/b11-6+. The minimum atomic E-state index is -5.19. The monoisotopic (exact) mass is 508 g/mol. The van der Waals surface area contributed by atoms with Gasteiger partial charge in [-0.25, -0.2) is 9.59 Å². The predicted octanol–water partition coefficient (Wildman–Crippen LogP) is 2.98. The molecular weight excluding hydrogens is 486 g/mol. The quantitative estimate of drug-likeness (QED) is 0.251. The zero-order valence-corrected chi connectivity index (χ0v) is 18.2. The number of hydrogen-bond acceptors (Lipinski definition) is 9. The Labute approximate surface area is 189 Å². The normalized spacial score (nSPS) is 32.8. The van der Waals surface area contributed by atoms with Gasteiger partial charge in [-0.15, -0.1) is 0 Å². The topological polar surface area (TPSA) is 110 Å². The third-order valence-electron chi connectivity index (χ3n) is 4.76.